The predicted octanol–water partition coefficient (Wildman–Crippen LogP) is 5.90. The topological polar surface area (TPSA) is 93.5 Å². The SMILES string of the molecule is COc1cc(OC)cc(N(C(C)=O)c2ccc(-c3[nH]ncc3-c3nc4c(C)cccc4o3)cc2)c1. The van der Waals surface area contributed by atoms with Crippen molar-refractivity contribution < 1.29 is 18.7 Å². The lowest BCUT2D eigenvalue weighted by atomic mass is 10.1. The number of fused-ring (bicyclic) bond motifs is 1. The van der Waals surface area contributed by atoms with Crippen molar-refractivity contribution >= 4 is 28.4 Å². The molecule has 0 atom stereocenters. The number of carbonyl (C=O) groups is 1. The molecule has 0 aliphatic heterocycles. The Bertz CT molecular complexity index is 1500. The van der Waals surface area contributed by atoms with E-state index >= 15 is 0 Å². The molecule has 2 aromatic heterocycles. The average Bonchev–Trinajstić information content (AvgIpc) is 3.52. The molecule has 1 amide bonds. The fourth-order valence-corrected chi connectivity index (χ4v) is 4.08. The number of carbonyl (C=O) groups excluding carboxylic acids is 1. The monoisotopic (exact) mass is 468 g/mol. The van der Waals surface area contributed by atoms with E-state index in [1.54, 1.807) is 43.5 Å². The van der Waals surface area contributed by atoms with Crippen molar-refractivity contribution in [3.05, 3.63) is 72.4 Å². The van der Waals surface area contributed by atoms with Gasteiger partial charge in [0.1, 0.15) is 17.0 Å². The van der Waals surface area contributed by atoms with Crippen molar-refractivity contribution in [1.29, 1.82) is 0 Å². The average molecular weight is 469 g/mol. The fraction of sp³-hybridized carbons (Fsp3) is 0.148. The molecular weight excluding hydrogens is 444 g/mol. The Morgan fingerprint density at radius 2 is 1.69 bits per heavy atom. The zero-order valence-corrected chi connectivity index (χ0v) is 19.8. The summed E-state index contributed by atoms with van der Waals surface area (Å²) in [7, 11) is 3.15. The van der Waals surface area contributed by atoms with E-state index in [2.05, 4.69) is 15.2 Å². The van der Waals surface area contributed by atoms with Crippen LogP contribution in [0.1, 0.15) is 12.5 Å². The lowest BCUT2D eigenvalue weighted by molar-refractivity contribution is -0.115. The van der Waals surface area contributed by atoms with E-state index in [9.17, 15) is 4.79 Å². The van der Waals surface area contributed by atoms with E-state index in [1.807, 2.05) is 49.4 Å². The van der Waals surface area contributed by atoms with Gasteiger partial charge in [-0.25, -0.2) is 4.98 Å². The molecule has 8 nitrogen and oxygen atoms in total. The number of para-hydroxylation sites is 1. The van der Waals surface area contributed by atoms with Crippen LogP contribution in [0.15, 0.2) is 71.3 Å². The van der Waals surface area contributed by atoms with Crippen molar-refractivity contribution in [2.45, 2.75) is 13.8 Å². The van der Waals surface area contributed by atoms with Crippen LogP contribution in [0.3, 0.4) is 0 Å². The minimum Gasteiger partial charge on any atom is -0.497 e. The predicted molar refractivity (Wildman–Crippen MR) is 134 cm³/mol. The molecule has 0 radical (unpaired) electrons. The van der Waals surface area contributed by atoms with E-state index in [1.165, 1.54) is 6.92 Å². The van der Waals surface area contributed by atoms with Gasteiger partial charge in [0.2, 0.25) is 11.8 Å². The molecule has 0 aliphatic rings. The van der Waals surface area contributed by atoms with E-state index in [4.69, 9.17) is 13.9 Å². The largest absolute Gasteiger partial charge is 0.497 e. The summed E-state index contributed by atoms with van der Waals surface area (Å²) in [6.07, 6.45) is 1.70. The molecule has 1 N–H and O–H groups in total. The van der Waals surface area contributed by atoms with Gasteiger partial charge in [-0.1, -0.05) is 24.3 Å². The van der Waals surface area contributed by atoms with Crippen LogP contribution in [0.4, 0.5) is 11.4 Å². The quantitative estimate of drug-likeness (QED) is 0.334. The second-order valence-electron chi connectivity index (χ2n) is 8.07. The summed E-state index contributed by atoms with van der Waals surface area (Å²) in [6.45, 7) is 3.52. The van der Waals surface area contributed by atoms with Gasteiger partial charge in [-0.2, -0.15) is 5.10 Å². The Morgan fingerprint density at radius 1 is 0.971 bits per heavy atom. The third-order valence-corrected chi connectivity index (χ3v) is 5.81. The van der Waals surface area contributed by atoms with Crippen molar-refractivity contribution in [1.82, 2.24) is 15.2 Å². The molecule has 5 rings (SSSR count). The molecule has 2 heterocycles. The number of amides is 1. The minimum absolute atomic E-state index is 0.142. The van der Waals surface area contributed by atoms with Gasteiger partial charge in [0.15, 0.2) is 5.58 Å². The van der Waals surface area contributed by atoms with Crippen molar-refractivity contribution in [3.63, 3.8) is 0 Å². The lowest BCUT2D eigenvalue weighted by Gasteiger charge is -2.23. The highest BCUT2D eigenvalue weighted by Gasteiger charge is 2.19. The number of hydrogen-bond acceptors (Lipinski definition) is 6. The molecular formula is C27H24N4O4. The number of aromatic nitrogens is 3. The molecule has 176 valence electrons. The molecule has 0 saturated heterocycles. The Labute approximate surface area is 202 Å². The zero-order chi connectivity index (χ0) is 24.5. The first kappa shape index (κ1) is 22.2. The number of methoxy groups -OCH3 is 2. The van der Waals surface area contributed by atoms with Crippen LogP contribution in [0.5, 0.6) is 11.5 Å². The number of H-pyrrole nitrogens is 1. The Morgan fingerprint density at radius 3 is 2.31 bits per heavy atom. The maximum Gasteiger partial charge on any atom is 0.231 e. The summed E-state index contributed by atoms with van der Waals surface area (Å²) >= 11 is 0. The van der Waals surface area contributed by atoms with Gasteiger partial charge in [-0.05, 0) is 30.7 Å². The van der Waals surface area contributed by atoms with Crippen LogP contribution in [0.2, 0.25) is 0 Å². The number of oxazole rings is 1. The molecule has 3 aromatic carbocycles. The standard InChI is InChI=1S/C27H24N4O4/c1-16-6-5-7-24-25(16)29-27(35-24)23-15-28-30-26(23)18-8-10-19(11-9-18)31(17(2)32)20-12-21(33-3)14-22(13-20)34-4/h5-15H,1-4H3,(H,28,30). The van der Waals surface area contributed by atoms with E-state index < -0.39 is 0 Å². The van der Waals surface area contributed by atoms with Gasteiger partial charge in [-0.3, -0.25) is 14.8 Å². The van der Waals surface area contributed by atoms with Crippen LogP contribution >= 0.6 is 0 Å². The van der Waals surface area contributed by atoms with Gasteiger partial charge in [-0.15, -0.1) is 0 Å². The number of nitrogens with zero attached hydrogens (tertiary/aromatic N) is 3. The molecule has 0 spiro atoms. The first-order valence-corrected chi connectivity index (χ1v) is 11.0. The number of nitrogens with one attached hydrogen (secondary N) is 1. The Kier molecular flexibility index (Phi) is 5.70. The molecule has 0 saturated carbocycles. The Balaban J connectivity index is 1.51. The normalized spacial score (nSPS) is 11.0. The van der Waals surface area contributed by atoms with E-state index in [-0.39, 0.29) is 5.91 Å². The summed E-state index contributed by atoms with van der Waals surface area (Å²) < 4.78 is 16.7. The third-order valence-electron chi connectivity index (χ3n) is 5.81. The van der Waals surface area contributed by atoms with Crippen LogP contribution < -0.4 is 14.4 Å². The maximum absolute atomic E-state index is 12.6. The highest BCUT2D eigenvalue weighted by Crippen LogP contribution is 2.36. The number of aromatic amines is 1. The Hall–Kier alpha value is -4.59. The lowest BCUT2D eigenvalue weighted by Crippen LogP contribution is -2.22. The van der Waals surface area contributed by atoms with Gasteiger partial charge in [0.05, 0.1) is 37.4 Å². The van der Waals surface area contributed by atoms with Gasteiger partial charge < -0.3 is 13.9 Å². The molecule has 0 fully saturated rings. The number of anilines is 2. The number of hydrogen-bond donors (Lipinski definition) is 1. The molecule has 5 aromatic rings. The smallest absolute Gasteiger partial charge is 0.231 e. The summed E-state index contributed by atoms with van der Waals surface area (Å²) in [4.78, 5) is 18.9. The van der Waals surface area contributed by atoms with E-state index in [0.717, 1.165) is 33.5 Å². The molecule has 0 bridgehead atoms. The summed E-state index contributed by atoms with van der Waals surface area (Å²) in [5.74, 6) is 1.55. The van der Waals surface area contributed by atoms with Crippen molar-refractivity contribution in [2.75, 3.05) is 19.1 Å². The van der Waals surface area contributed by atoms with Gasteiger partial charge in [0.25, 0.3) is 0 Å². The van der Waals surface area contributed by atoms with E-state index in [0.29, 0.717) is 28.8 Å². The summed E-state index contributed by atoms with van der Waals surface area (Å²) in [6, 6.07) is 18.8. The first-order chi connectivity index (χ1) is 17.0. The molecule has 0 aliphatic carbocycles. The number of rotatable bonds is 6. The van der Waals surface area contributed by atoms with Crippen molar-refractivity contribution in [2.24, 2.45) is 0 Å². The maximum atomic E-state index is 12.6. The third kappa shape index (κ3) is 4.10. The zero-order valence-electron chi connectivity index (χ0n) is 19.8. The van der Waals surface area contributed by atoms with Crippen LogP contribution in [-0.4, -0.2) is 35.3 Å². The fourth-order valence-electron chi connectivity index (χ4n) is 4.08. The van der Waals surface area contributed by atoms with Crippen LogP contribution in [0, 0.1) is 6.92 Å². The first-order valence-electron chi connectivity index (χ1n) is 11.0. The number of benzene rings is 3. The van der Waals surface area contributed by atoms with Crippen LogP contribution in [0.25, 0.3) is 33.8 Å². The molecule has 35 heavy (non-hydrogen) atoms. The highest BCUT2D eigenvalue weighted by molar-refractivity contribution is 5.99. The second kappa shape index (κ2) is 8.98. The minimum atomic E-state index is -0.142. The number of ether oxygens (including phenoxy) is 2. The van der Waals surface area contributed by atoms with Gasteiger partial charge in [0, 0.05) is 36.4 Å². The van der Waals surface area contributed by atoms with Crippen LogP contribution in [-0.2, 0) is 4.79 Å². The molecule has 8 heteroatoms. The summed E-state index contributed by atoms with van der Waals surface area (Å²) in [5, 5.41) is 7.27. The summed E-state index contributed by atoms with van der Waals surface area (Å²) in [5.41, 5.74) is 6.37. The van der Waals surface area contributed by atoms with Gasteiger partial charge >= 0.3 is 0 Å². The number of aryl methyl sites for hydroxylation is 1. The molecule has 0 unspecified atom stereocenters. The second-order valence-corrected chi connectivity index (χ2v) is 8.07. The van der Waals surface area contributed by atoms with Crippen molar-refractivity contribution in [3.8, 4) is 34.2 Å². The highest BCUT2D eigenvalue weighted by atomic mass is 16.5.